The van der Waals surface area contributed by atoms with Gasteiger partial charge >= 0.3 is 0 Å². The molecule has 1 fully saturated rings. The van der Waals surface area contributed by atoms with E-state index < -0.39 is 0 Å². The molecule has 2 unspecified atom stereocenters. The number of thiophene rings is 1. The van der Waals surface area contributed by atoms with Gasteiger partial charge in [0.15, 0.2) is 11.8 Å². The zero-order chi connectivity index (χ0) is 19.9. The van der Waals surface area contributed by atoms with Crippen LogP contribution in [0.5, 0.6) is 0 Å². The van der Waals surface area contributed by atoms with Crippen LogP contribution >= 0.6 is 35.3 Å². The summed E-state index contributed by atoms with van der Waals surface area (Å²) >= 11 is 1.85. The van der Waals surface area contributed by atoms with Crippen LogP contribution in [0.4, 0.5) is 0 Å². The number of halogens is 1. The van der Waals surface area contributed by atoms with Gasteiger partial charge in [0.2, 0.25) is 5.89 Å². The molecular formula is C20H33IN6OS. The second-order valence-corrected chi connectivity index (χ2v) is 8.65. The van der Waals surface area contributed by atoms with Crippen molar-refractivity contribution in [3.8, 4) is 0 Å². The van der Waals surface area contributed by atoms with Gasteiger partial charge in [-0.3, -0.25) is 9.89 Å². The summed E-state index contributed by atoms with van der Waals surface area (Å²) in [5, 5.41) is 13.0. The molecular weight excluding hydrogens is 499 g/mol. The Balaban J connectivity index is 0.00000300. The fourth-order valence-corrected chi connectivity index (χ4v) is 4.71. The van der Waals surface area contributed by atoms with Crippen molar-refractivity contribution in [3.05, 3.63) is 34.1 Å². The van der Waals surface area contributed by atoms with Crippen LogP contribution in [0.15, 0.2) is 27.0 Å². The molecule has 0 amide bonds. The average molecular weight is 532 g/mol. The van der Waals surface area contributed by atoms with Crippen LogP contribution in [0.25, 0.3) is 0 Å². The van der Waals surface area contributed by atoms with Gasteiger partial charge in [0, 0.05) is 43.4 Å². The third kappa shape index (κ3) is 6.65. The van der Waals surface area contributed by atoms with E-state index in [1.807, 2.05) is 18.4 Å². The zero-order valence-corrected chi connectivity index (χ0v) is 20.9. The smallest absolute Gasteiger partial charge is 0.228 e. The van der Waals surface area contributed by atoms with Crippen LogP contribution in [0.1, 0.15) is 55.2 Å². The first-order valence-corrected chi connectivity index (χ1v) is 11.0. The molecule has 2 N–H and O–H groups in total. The van der Waals surface area contributed by atoms with Gasteiger partial charge in [0.05, 0.1) is 0 Å². The predicted molar refractivity (Wildman–Crippen MR) is 129 cm³/mol. The summed E-state index contributed by atoms with van der Waals surface area (Å²) < 4.78 is 5.30. The van der Waals surface area contributed by atoms with Crippen molar-refractivity contribution in [2.24, 2.45) is 10.9 Å². The Bertz CT molecular complexity index is 748. The van der Waals surface area contributed by atoms with Crippen molar-refractivity contribution in [1.29, 1.82) is 0 Å². The number of nitrogens with one attached hydrogen (secondary N) is 2. The normalized spacial score (nSPS) is 20.5. The Morgan fingerprint density at radius 1 is 1.41 bits per heavy atom. The number of aromatic nitrogens is 2. The summed E-state index contributed by atoms with van der Waals surface area (Å²) in [4.78, 5) is 12.7. The molecule has 0 saturated carbocycles. The molecule has 0 bridgehead atoms. The Morgan fingerprint density at radius 3 is 2.90 bits per heavy atom. The Labute approximate surface area is 194 Å². The molecule has 1 aliphatic rings. The molecule has 2 aromatic heterocycles. The molecule has 1 aliphatic heterocycles. The van der Waals surface area contributed by atoms with Crippen molar-refractivity contribution in [2.45, 2.75) is 45.1 Å². The van der Waals surface area contributed by atoms with Crippen LogP contribution in [-0.4, -0.2) is 54.7 Å². The Morgan fingerprint density at radius 2 is 2.24 bits per heavy atom. The first kappa shape index (κ1) is 24.1. The highest BCUT2D eigenvalue weighted by atomic mass is 127. The van der Waals surface area contributed by atoms with Crippen molar-refractivity contribution in [1.82, 2.24) is 25.7 Å². The maximum absolute atomic E-state index is 5.30. The van der Waals surface area contributed by atoms with E-state index in [1.54, 1.807) is 0 Å². The lowest BCUT2D eigenvalue weighted by atomic mass is 9.88. The summed E-state index contributed by atoms with van der Waals surface area (Å²) in [5.41, 5.74) is 0. The second kappa shape index (κ2) is 11.8. The van der Waals surface area contributed by atoms with E-state index >= 15 is 0 Å². The van der Waals surface area contributed by atoms with E-state index in [9.17, 15) is 0 Å². The summed E-state index contributed by atoms with van der Waals surface area (Å²) in [6, 6.07) is 4.88. The van der Waals surface area contributed by atoms with E-state index in [-0.39, 0.29) is 29.9 Å². The molecule has 1 saturated heterocycles. The van der Waals surface area contributed by atoms with Gasteiger partial charge in [0.25, 0.3) is 0 Å². The van der Waals surface area contributed by atoms with E-state index in [0.29, 0.717) is 30.8 Å². The van der Waals surface area contributed by atoms with Crippen molar-refractivity contribution >= 4 is 41.3 Å². The van der Waals surface area contributed by atoms with Crippen LogP contribution < -0.4 is 10.6 Å². The quantitative estimate of drug-likeness (QED) is 0.322. The first-order chi connectivity index (χ1) is 13.6. The number of hydrogen-bond acceptors (Lipinski definition) is 6. The SMILES string of the molecule is CN=C(NCCc1nc(C(C)C)no1)NCC1CCCN(C)C1c1cccs1.I. The van der Waals surface area contributed by atoms with Gasteiger partial charge in [-0.2, -0.15) is 4.98 Å². The summed E-state index contributed by atoms with van der Waals surface area (Å²) in [7, 11) is 4.04. The number of likely N-dealkylation sites (tertiary alicyclic amines) is 1. The van der Waals surface area contributed by atoms with Crippen molar-refractivity contribution < 1.29 is 4.52 Å². The van der Waals surface area contributed by atoms with Gasteiger partial charge < -0.3 is 15.2 Å². The molecule has 3 rings (SSSR count). The molecule has 9 heteroatoms. The molecule has 0 radical (unpaired) electrons. The molecule has 7 nitrogen and oxygen atoms in total. The molecule has 0 spiro atoms. The Kier molecular flexibility index (Phi) is 9.84. The van der Waals surface area contributed by atoms with Gasteiger partial charge in [-0.15, -0.1) is 35.3 Å². The summed E-state index contributed by atoms with van der Waals surface area (Å²) in [5.74, 6) is 3.10. The minimum absolute atomic E-state index is 0. The third-order valence-corrected chi connectivity index (χ3v) is 6.17. The number of piperidine rings is 1. The van der Waals surface area contributed by atoms with E-state index in [4.69, 9.17) is 4.52 Å². The predicted octanol–water partition coefficient (Wildman–Crippen LogP) is 3.66. The molecule has 3 heterocycles. The van der Waals surface area contributed by atoms with E-state index in [1.165, 1.54) is 17.7 Å². The van der Waals surface area contributed by atoms with Gasteiger partial charge in [-0.1, -0.05) is 25.1 Å². The lowest BCUT2D eigenvalue weighted by Gasteiger charge is -2.39. The number of rotatable bonds is 7. The van der Waals surface area contributed by atoms with Crippen molar-refractivity contribution in [2.75, 3.05) is 33.7 Å². The summed E-state index contributed by atoms with van der Waals surface area (Å²) in [6.07, 6.45) is 3.16. The highest BCUT2D eigenvalue weighted by molar-refractivity contribution is 14.0. The fourth-order valence-electron chi connectivity index (χ4n) is 3.72. The van der Waals surface area contributed by atoms with E-state index in [0.717, 1.165) is 24.9 Å². The number of guanidine groups is 1. The van der Waals surface area contributed by atoms with Crippen LogP contribution in [0.2, 0.25) is 0 Å². The molecule has 2 atom stereocenters. The minimum Gasteiger partial charge on any atom is -0.356 e. The highest BCUT2D eigenvalue weighted by Crippen LogP contribution is 2.36. The van der Waals surface area contributed by atoms with E-state index in [2.05, 4.69) is 69.1 Å². The highest BCUT2D eigenvalue weighted by Gasteiger charge is 2.31. The molecule has 162 valence electrons. The topological polar surface area (TPSA) is 78.6 Å². The zero-order valence-electron chi connectivity index (χ0n) is 17.7. The van der Waals surface area contributed by atoms with Crippen LogP contribution in [-0.2, 0) is 6.42 Å². The molecule has 2 aromatic rings. The number of nitrogens with zero attached hydrogens (tertiary/aromatic N) is 4. The molecule has 29 heavy (non-hydrogen) atoms. The molecule has 0 aromatic carbocycles. The lowest BCUT2D eigenvalue weighted by Crippen LogP contribution is -2.45. The van der Waals surface area contributed by atoms with Crippen LogP contribution in [0, 0.1) is 5.92 Å². The number of aliphatic imine (C=N–C) groups is 1. The maximum Gasteiger partial charge on any atom is 0.228 e. The Hall–Kier alpha value is -1.20. The number of hydrogen-bond donors (Lipinski definition) is 2. The maximum atomic E-state index is 5.30. The minimum atomic E-state index is 0. The van der Waals surface area contributed by atoms with Gasteiger partial charge in [0.1, 0.15) is 0 Å². The monoisotopic (exact) mass is 532 g/mol. The second-order valence-electron chi connectivity index (χ2n) is 7.67. The molecule has 0 aliphatic carbocycles. The average Bonchev–Trinajstić information content (AvgIpc) is 3.36. The fraction of sp³-hybridized carbons (Fsp3) is 0.650. The van der Waals surface area contributed by atoms with Gasteiger partial charge in [-0.25, -0.2) is 0 Å². The third-order valence-electron chi connectivity index (χ3n) is 5.23. The van der Waals surface area contributed by atoms with Gasteiger partial charge in [-0.05, 0) is 43.8 Å². The lowest BCUT2D eigenvalue weighted by molar-refractivity contribution is 0.125. The largest absolute Gasteiger partial charge is 0.356 e. The standard InChI is InChI=1S/C20H32N6OS.HI/c1-14(2)19-24-17(27-25-19)9-10-22-20(21-3)23-13-15-7-5-11-26(4)18(15)16-8-6-12-28-16;/h6,8,12,14-15,18H,5,7,9-11,13H2,1-4H3,(H2,21,22,23);1H. The summed E-state index contributed by atoms with van der Waals surface area (Å²) in [6.45, 7) is 6.90. The first-order valence-electron chi connectivity index (χ1n) is 10.1. The van der Waals surface area contributed by atoms with Crippen molar-refractivity contribution in [3.63, 3.8) is 0 Å². The van der Waals surface area contributed by atoms with Crippen LogP contribution in [0.3, 0.4) is 0 Å².